The Morgan fingerprint density at radius 3 is 2.33 bits per heavy atom. The van der Waals surface area contributed by atoms with Crippen LogP contribution in [-0.2, 0) is 6.18 Å². The van der Waals surface area contributed by atoms with Gasteiger partial charge in [-0.15, -0.1) is 0 Å². The molecule has 0 aliphatic rings. The van der Waals surface area contributed by atoms with Gasteiger partial charge in [0.25, 0.3) is 0 Å². The van der Waals surface area contributed by atoms with E-state index in [2.05, 4.69) is 0 Å². The lowest BCUT2D eigenvalue weighted by atomic mass is 9.96. The third-order valence-corrected chi connectivity index (χ3v) is 2.47. The van der Waals surface area contributed by atoms with E-state index < -0.39 is 17.6 Å². The lowest BCUT2D eigenvalue weighted by molar-refractivity contribution is -0.137. The second-order valence-corrected chi connectivity index (χ2v) is 3.54. The molecule has 0 fully saturated rings. The molecule has 0 aliphatic carbocycles. The number of benzene rings is 1. The van der Waals surface area contributed by atoms with E-state index in [0.29, 0.717) is 6.42 Å². The first-order chi connectivity index (χ1) is 6.86. The summed E-state index contributed by atoms with van der Waals surface area (Å²) in [5, 5.41) is 0. The summed E-state index contributed by atoms with van der Waals surface area (Å²) in [7, 11) is 0. The zero-order valence-corrected chi connectivity index (χ0v) is 8.53. The minimum Gasteiger partial charge on any atom is -0.207 e. The van der Waals surface area contributed by atoms with Crippen LogP contribution in [0.15, 0.2) is 18.2 Å². The highest BCUT2D eigenvalue weighted by Gasteiger charge is 2.31. The first kappa shape index (κ1) is 12.0. The molecule has 1 atom stereocenters. The molecule has 15 heavy (non-hydrogen) atoms. The van der Waals surface area contributed by atoms with Crippen molar-refractivity contribution >= 4 is 0 Å². The molecular weight excluding hydrogens is 208 g/mol. The Bertz CT molecular complexity index is 341. The molecule has 0 N–H and O–H groups in total. The van der Waals surface area contributed by atoms with Crippen molar-refractivity contribution < 1.29 is 17.6 Å². The Kier molecular flexibility index (Phi) is 3.37. The highest BCUT2D eigenvalue weighted by molar-refractivity contribution is 5.29. The first-order valence-electron chi connectivity index (χ1n) is 4.73. The number of rotatable bonds is 2. The van der Waals surface area contributed by atoms with Crippen LogP contribution in [0.25, 0.3) is 0 Å². The van der Waals surface area contributed by atoms with Crippen LogP contribution in [0, 0.1) is 5.82 Å². The second-order valence-electron chi connectivity index (χ2n) is 3.54. The van der Waals surface area contributed by atoms with E-state index in [1.165, 1.54) is 0 Å². The second kappa shape index (κ2) is 4.21. The fourth-order valence-electron chi connectivity index (χ4n) is 1.32. The summed E-state index contributed by atoms with van der Waals surface area (Å²) >= 11 is 0. The molecular formula is C11H12F4. The van der Waals surface area contributed by atoms with Crippen LogP contribution < -0.4 is 0 Å². The molecule has 0 spiro atoms. The number of halogens is 4. The summed E-state index contributed by atoms with van der Waals surface area (Å²) in [4.78, 5) is 0. The Morgan fingerprint density at radius 2 is 1.87 bits per heavy atom. The van der Waals surface area contributed by atoms with Crippen LogP contribution in [0.4, 0.5) is 17.6 Å². The smallest absolute Gasteiger partial charge is 0.207 e. The van der Waals surface area contributed by atoms with E-state index in [1.807, 2.05) is 6.92 Å². The van der Waals surface area contributed by atoms with Crippen LogP contribution in [0.5, 0.6) is 0 Å². The van der Waals surface area contributed by atoms with Crippen LogP contribution >= 0.6 is 0 Å². The Hall–Kier alpha value is -1.06. The molecule has 0 radical (unpaired) electrons. The van der Waals surface area contributed by atoms with Gasteiger partial charge >= 0.3 is 6.18 Å². The Morgan fingerprint density at radius 1 is 1.27 bits per heavy atom. The van der Waals surface area contributed by atoms with Gasteiger partial charge in [0.05, 0.1) is 5.56 Å². The molecule has 0 aromatic heterocycles. The van der Waals surface area contributed by atoms with Gasteiger partial charge in [-0.25, -0.2) is 4.39 Å². The molecule has 0 saturated carbocycles. The molecule has 1 aromatic carbocycles. The summed E-state index contributed by atoms with van der Waals surface area (Å²) in [6.07, 6.45) is -3.80. The molecule has 0 amide bonds. The minimum absolute atomic E-state index is 0.132. The first-order valence-corrected chi connectivity index (χ1v) is 4.73. The predicted octanol–water partition coefficient (Wildman–Crippen LogP) is 4.36. The molecule has 0 unspecified atom stereocenters. The quantitative estimate of drug-likeness (QED) is 0.649. The predicted molar refractivity (Wildman–Crippen MR) is 50.1 cm³/mol. The van der Waals surface area contributed by atoms with Crippen molar-refractivity contribution in [2.45, 2.75) is 32.4 Å². The topological polar surface area (TPSA) is 0 Å². The SMILES string of the molecule is CC[C@@H](C)c1cc(C(F)(F)F)ccc1F. The average molecular weight is 220 g/mol. The monoisotopic (exact) mass is 220 g/mol. The summed E-state index contributed by atoms with van der Waals surface area (Å²) < 4.78 is 50.3. The van der Waals surface area contributed by atoms with Crippen molar-refractivity contribution in [1.29, 1.82) is 0 Å². The van der Waals surface area contributed by atoms with Crippen molar-refractivity contribution in [2.75, 3.05) is 0 Å². The van der Waals surface area contributed by atoms with Crippen LogP contribution in [0.2, 0.25) is 0 Å². The van der Waals surface area contributed by atoms with E-state index in [1.54, 1.807) is 6.92 Å². The third-order valence-electron chi connectivity index (χ3n) is 2.47. The normalized spacial score (nSPS) is 14.0. The van der Waals surface area contributed by atoms with E-state index in [0.717, 1.165) is 18.2 Å². The Balaban J connectivity index is 3.17. The zero-order chi connectivity index (χ0) is 11.6. The lowest BCUT2D eigenvalue weighted by Crippen LogP contribution is -2.07. The van der Waals surface area contributed by atoms with Crippen molar-refractivity contribution in [3.05, 3.63) is 35.1 Å². The summed E-state index contributed by atoms with van der Waals surface area (Å²) in [6, 6.07) is 2.54. The fraction of sp³-hybridized carbons (Fsp3) is 0.455. The molecule has 0 saturated heterocycles. The van der Waals surface area contributed by atoms with Gasteiger partial charge in [0.1, 0.15) is 5.82 Å². The van der Waals surface area contributed by atoms with E-state index in [4.69, 9.17) is 0 Å². The molecule has 84 valence electrons. The van der Waals surface area contributed by atoms with Gasteiger partial charge in [0, 0.05) is 0 Å². The minimum atomic E-state index is -4.41. The maximum atomic E-state index is 13.2. The highest BCUT2D eigenvalue weighted by atomic mass is 19.4. The van der Waals surface area contributed by atoms with E-state index in [9.17, 15) is 17.6 Å². The van der Waals surface area contributed by atoms with Gasteiger partial charge in [-0.2, -0.15) is 13.2 Å². The van der Waals surface area contributed by atoms with E-state index >= 15 is 0 Å². The largest absolute Gasteiger partial charge is 0.416 e. The van der Waals surface area contributed by atoms with Crippen LogP contribution in [0.3, 0.4) is 0 Å². The molecule has 1 rings (SSSR count). The van der Waals surface area contributed by atoms with Crippen molar-refractivity contribution in [2.24, 2.45) is 0 Å². The maximum Gasteiger partial charge on any atom is 0.416 e. The number of hydrogen-bond acceptors (Lipinski definition) is 0. The standard InChI is InChI=1S/C11H12F4/c1-3-7(2)9-6-8(11(13,14)15)4-5-10(9)12/h4-7H,3H2,1-2H3/t7-/m1/s1. The van der Waals surface area contributed by atoms with Gasteiger partial charge in [-0.3, -0.25) is 0 Å². The fourth-order valence-corrected chi connectivity index (χ4v) is 1.32. The lowest BCUT2D eigenvalue weighted by Gasteiger charge is -2.13. The molecule has 0 bridgehead atoms. The van der Waals surface area contributed by atoms with Crippen molar-refractivity contribution in [3.63, 3.8) is 0 Å². The number of hydrogen-bond donors (Lipinski definition) is 0. The highest BCUT2D eigenvalue weighted by Crippen LogP contribution is 2.32. The van der Waals surface area contributed by atoms with Crippen molar-refractivity contribution in [3.8, 4) is 0 Å². The molecule has 0 aliphatic heterocycles. The van der Waals surface area contributed by atoms with E-state index in [-0.39, 0.29) is 11.5 Å². The molecule has 1 aromatic rings. The molecule has 4 heteroatoms. The van der Waals surface area contributed by atoms with Gasteiger partial charge in [0.2, 0.25) is 0 Å². The maximum absolute atomic E-state index is 13.2. The summed E-state index contributed by atoms with van der Waals surface area (Å²) in [6.45, 7) is 3.52. The summed E-state index contributed by atoms with van der Waals surface area (Å²) in [5.41, 5.74) is -0.661. The third kappa shape index (κ3) is 2.70. The molecule has 0 heterocycles. The Labute approximate surface area is 85.9 Å². The zero-order valence-electron chi connectivity index (χ0n) is 8.53. The summed E-state index contributed by atoms with van der Waals surface area (Å²) in [5.74, 6) is -0.773. The molecule has 0 nitrogen and oxygen atoms in total. The average Bonchev–Trinajstić information content (AvgIpc) is 2.15. The van der Waals surface area contributed by atoms with Crippen molar-refractivity contribution in [1.82, 2.24) is 0 Å². The van der Waals surface area contributed by atoms with Gasteiger partial charge in [0.15, 0.2) is 0 Å². The van der Waals surface area contributed by atoms with Crippen LogP contribution in [-0.4, -0.2) is 0 Å². The van der Waals surface area contributed by atoms with Crippen LogP contribution in [0.1, 0.15) is 37.3 Å². The van der Waals surface area contributed by atoms with Gasteiger partial charge in [-0.05, 0) is 36.1 Å². The number of alkyl halides is 3. The van der Waals surface area contributed by atoms with Gasteiger partial charge < -0.3 is 0 Å². The van der Waals surface area contributed by atoms with Gasteiger partial charge in [-0.1, -0.05) is 13.8 Å².